The molecular formula is C23H21F3N4O2S. The lowest BCUT2D eigenvalue weighted by Crippen LogP contribution is -2.45. The number of nitrogens with one attached hydrogen (secondary N) is 2. The molecular weight excluding hydrogens is 453 g/mol. The summed E-state index contributed by atoms with van der Waals surface area (Å²) in [5.74, 6) is -0.736. The molecule has 2 amide bonds. The number of halogens is 3. The van der Waals surface area contributed by atoms with Gasteiger partial charge >= 0.3 is 6.18 Å². The molecule has 1 unspecified atom stereocenters. The Kier molecular flexibility index (Phi) is 6.64. The number of rotatable bonds is 6. The van der Waals surface area contributed by atoms with Crippen molar-refractivity contribution in [2.24, 2.45) is 0 Å². The van der Waals surface area contributed by atoms with Crippen molar-refractivity contribution in [1.82, 2.24) is 15.2 Å². The lowest BCUT2D eigenvalue weighted by atomic mass is 10.1. The molecule has 1 aliphatic heterocycles. The zero-order chi connectivity index (χ0) is 23.4. The molecule has 4 rings (SSSR count). The third-order valence-electron chi connectivity index (χ3n) is 5.29. The highest BCUT2D eigenvalue weighted by atomic mass is 32.1. The summed E-state index contributed by atoms with van der Waals surface area (Å²) in [4.78, 5) is 31.6. The largest absolute Gasteiger partial charge is 0.416 e. The average molecular weight is 475 g/mol. The summed E-state index contributed by atoms with van der Waals surface area (Å²) >= 11 is 1.29. The van der Waals surface area contributed by atoms with E-state index in [4.69, 9.17) is 0 Å². The third-order valence-corrected chi connectivity index (χ3v) is 6.04. The van der Waals surface area contributed by atoms with Crippen molar-refractivity contribution in [1.29, 1.82) is 0 Å². The second-order valence-electron chi connectivity index (χ2n) is 7.60. The molecule has 0 saturated carbocycles. The van der Waals surface area contributed by atoms with Gasteiger partial charge in [0.25, 0.3) is 5.91 Å². The van der Waals surface area contributed by atoms with E-state index in [1.165, 1.54) is 28.4 Å². The predicted octanol–water partition coefficient (Wildman–Crippen LogP) is 4.83. The van der Waals surface area contributed by atoms with Crippen molar-refractivity contribution in [2.45, 2.75) is 31.6 Å². The van der Waals surface area contributed by atoms with Crippen LogP contribution in [0.2, 0.25) is 0 Å². The quantitative estimate of drug-likeness (QED) is 0.537. The van der Waals surface area contributed by atoms with E-state index < -0.39 is 23.7 Å². The number of hydrogen-bond acceptors (Lipinski definition) is 5. The van der Waals surface area contributed by atoms with E-state index in [0.717, 1.165) is 17.8 Å². The average Bonchev–Trinajstić information content (AvgIpc) is 3.47. The van der Waals surface area contributed by atoms with Crippen LogP contribution >= 0.6 is 11.3 Å². The van der Waals surface area contributed by atoms with Crippen LogP contribution in [0.1, 0.15) is 34.5 Å². The van der Waals surface area contributed by atoms with Crippen LogP contribution in [0.4, 0.5) is 24.0 Å². The fourth-order valence-electron chi connectivity index (χ4n) is 3.67. The van der Waals surface area contributed by atoms with Crippen molar-refractivity contribution in [3.63, 3.8) is 0 Å². The van der Waals surface area contributed by atoms with Crippen LogP contribution in [0.5, 0.6) is 0 Å². The summed E-state index contributed by atoms with van der Waals surface area (Å²) in [6.45, 7) is 0.364. The summed E-state index contributed by atoms with van der Waals surface area (Å²) in [5, 5.41) is 8.00. The Labute approximate surface area is 192 Å². The van der Waals surface area contributed by atoms with Gasteiger partial charge in [-0.1, -0.05) is 30.3 Å². The van der Waals surface area contributed by atoms with Crippen molar-refractivity contribution in [3.05, 3.63) is 76.8 Å². The molecule has 1 atom stereocenters. The number of carbonyl (C=O) groups is 2. The molecule has 2 heterocycles. The highest BCUT2D eigenvalue weighted by molar-refractivity contribution is 7.14. The molecule has 0 bridgehead atoms. The summed E-state index contributed by atoms with van der Waals surface area (Å²) in [5.41, 5.74) is 0.662. The molecule has 10 heteroatoms. The molecule has 0 aliphatic carbocycles. The fraction of sp³-hybridized carbons (Fsp3) is 0.261. The van der Waals surface area contributed by atoms with Gasteiger partial charge in [-0.3, -0.25) is 9.59 Å². The summed E-state index contributed by atoms with van der Waals surface area (Å²) < 4.78 is 38.7. The van der Waals surface area contributed by atoms with E-state index in [2.05, 4.69) is 15.6 Å². The summed E-state index contributed by atoms with van der Waals surface area (Å²) in [7, 11) is 0. The van der Waals surface area contributed by atoms with E-state index >= 15 is 0 Å². The highest BCUT2D eigenvalue weighted by Gasteiger charge is 2.35. The Bertz CT molecular complexity index is 1130. The van der Waals surface area contributed by atoms with Crippen LogP contribution in [-0.4, -0.2) is 34.3 Å². The van der Waals surface area contributed by atoms with Gasteiger partial charge in [-0.15, -0.1) is 11.3 Å². The van der Waals surface area contributed by atoms with Crippen LogP contribution in [0.15, 0.2) is 60.0 Å². The van der Waals surface area contributed by atoms with E-state index in [9.17, 15) is 22.8 Å². The molecule has 6 nitrogen and oxygen atoms in total. The predicted molar refractivity (Wildman–Crippen MR) is 119 cm³/mol. The Morgan fingerprint density at radius 2 is 1.91 bits per heavy atom. The monoisotopic (exact) mass is 474 g/mol. The number of para-hydroxylation sites is 1. The number of amides is 2. The number of alkyl halides is 3. The standard InChI is InChI=1S/C23H21F3N4O2S/c24-23(25,26)16-7-4-6-15(12-16)13-27-20(31)19-10-5-11-30(19)21(32)18-14-33-22(29-18)28-17-8-2-1-3-9-17/h1-4,6-9,12,14,19H,5,10-11,13H2,(H,27,31)(H,28,29). The molecule has 1 fully saturated rings. The first-order valence-corrected chi connectivity index (χ1v) is 11.2. The Morgan fingerprint density at radius 3 is 2.67 bits per heavy atom. The minimum Gasteiger partial charge on any atom is -0.350 e. The number of hydrogen-bond donors (Lipinski definition) is 2. The van der Waals surface area contributed by atoms with Gasteiger partial charge in [-0.2, -0.15) is 13.2 Å². The molecule has 1 saturated heterocycles. The maximum absolute atomic E-state index is 13.0. The van der Waals surface area contributed by atoms with E-state index in [1.807, 2.05) is 30.3 Å². The van der Waals surface area contributed by atoms with Gasteiger partial charge < -0.3 is 15.5 Å². The maximum Gasteiger partial charge on any atom is 0.416 e. The summed E-state index contributed by atoms with van der Waals surface area (Å²) in [6.07, 6.45) is -3.30. The lowest BCUT2D eigenvalue weighted by Gasteiger charge is -2.23. The molecule has 2 aromatic carbocycles. The highest BCUT2D eigenvalue weighted by Crippen LogP contribution is 2.29. The lowest BCUT2D eigenvalue weighted by molar-refractivity contribution is -0.137. The van der Waals surface area contributed by atoms with Crippen LogP contribution in [0.3, 0.4) is 0 Å². The molecule has 33 heavy (non-hydrogen) atoms. The SMILES string of the molecule is O=C(NCc1cccc(C(F)(F)F)c1)C1CCCN1C(=O)c1csc(Nc2ccccc2)n1. The fourth-order valence-corrected chi connectivity index (χ4v) is 4.37. The number of aromatic nitrogens is 1. The minimum absolute atomic E-state index is 0.0525. The van der Waals surface area contributed by atoms with Crippen molar-refractivity contribution in [3.8, 4) is 0 Å². The normalized spacial score (nSPS) is 16.0. The Morgan fingerprint density at radius 1 is 1.12 bits per heavy atom. The summed E-state index contributed by atoms with van der Waals surface area (Å²) in [6, 6.07) is 13.6. The van der Waals surface area contributed by atoms with Crippen molar-refractivity contribution >= 4 is 34.0 Å². The zero-order valence-electron chi connectivity index (χ0n) is 17.4. The van der Waals surface area contributed by atoms with Gasteiger partial charge in [0.05, 0.1) is 5.56 Å². The molecule has 2 N–H and O–H groups in total. The van der Waals surface area contributed by atoms with Crippen LogP contribution in [0.25, 0.3) is 0 Å². The number of thiazole rings is 1. The van der Waals surface area contributed by atoms with Gasteiger partial charge in [0, 0.05) is 24.2 Å². The van der Waals surface area contributed by atoms with E-state index in [-0.39, 0.29) is 18.1 Å². The van der Waals surface area contributed by atoms with Crippen LogP contribution in [0, 0.1) is 0 Å². The Hall–Kier alpha value is -3.40. The van der Waals surface area contributed by atoms with Gasteiger partial charge in [-0.05, 0) is 42.7 Å². The molecule has 0 radical (unpaired) electrons. The van der Waals surface area contributed by atoms with Gasteiger partial charge in [0.1, 0.15) is 11.7 Å². The smallest absolute Gasteiger partial charge is 0.350 e. The van der Waals surface area contributed by atoms with Gasteiger partial charge in [0.2, 0.25) is 5.91 Å². The zero-order valence-corrected chi connectivity index (χ0v) is 18.2. The van der Waals surface area contributed by atoms with Crippen LogP contribution in [-0.2, 0) is 17.5 Å². The first kappa shape index (κ1) is 22.8. The first-order valence-electron chi connectivity index (χ1n) is 10.3. The van der Waals surface area contributed by atoms with Gasteiger partial charge in [-0.25, -0.2) is 4.98 Å². The maximum atomic E-state index is 13.0. The number of carbonyl (C=O) groups excluding carboxylic acids is 2. The van der Waals surface area contributed by atoms with Gasteiger partial charge in [0.15, 0.2) is 5.13 Å². The molecule has 1 aromatic heterocycles. The van der Waals surface area contributed by atoms with Crippen molar-refractivity contribution < 1.29 is 22.8 Å². The van der Waals surface area contributed by atoms with Crippen molar-refractivity contribution in [2.75, 3.05) is 11.9 Å². The third kappa shape index (κ3) is 5.51. The Balaban J connectivity index is 1.38. The second-order valence-corrected chi connectivity index (χ2v) is 8.46. The minimum atomic E-state index is -4.45. The molecule has 1 aliphatic rings. The first-order chi connectivity index (χ1) is 15.8. The number of nitrogens with zero attached hydrogens (tertiary/aromatic N) is 2. The number of anilines is 2. The topological polar surface area (TPSA) is 74.3 Å². The number of benzene rings is 2. The molecule has 0 spiro atoms. The van der Waals surface area contributed by atoms with Crippen LogP contribution < -0.4 is 10.6 Å². The number of likely N-dealkylation sites (tertiary alicyclic amines) is 1. The second kappa shape index (κ2) is 9.62. The van der Waals surface area contributed by atoms with E-state index in [0.29, 0.717) is 30.1 Å². The van der Waals surface area contributed by atoms with E-state index in [1.54, 1.807) is 5.38 Å². The molecule has 172 valence electrons. The molecule has 3 aromatic rings.